The van der Waals surface area contributed by atoms with E-state index in [0.29, 0.717) is 0 Å². The van der Waals surface area contributed by atoms with Crippen LogP contribution < -0.4 is 10.5 Å². The van der Waals surface area contributed by atoms with Crippen LogP contribution in [0.2, 0.25) is 0 Å². The lowest BCUT2D eigenvalue weighted by Gasteiger charge is -2.20. The van der Waals surface area contributed by atoms with E-state index in [1.807, 2.05) is 0 Å². The molecule has 0 saturated heterocycles. The van der Waals surface area contributed by atoms with E-state index in [0.717, 1.165) is 12.1 Å². The molecule has 25 heavy (non-hydrogen) atoms. The van der Waals surface area contributed by atoms with Gasteiger partial charge in [-0.1, -0.05) is 12.1 Å². The second-order valence-electron chi connectivity index (χ2n) is 4.65. The molecule has 0 aromatic heterocycles. The van der Waals surface area contributed by atoms with Gasteiger partial charge in [-0.15, -0.1) is 0 Å². The van der Waals surface area contributed by atoms with Gasteiger partial charge < -0.3 is 30.6 Å². The maximum Gasteiger partial charge on any atom is 0.409 e. The van der Waals surface area contributed by atoms with Crippen LogP contribution in [0.3, 0.4) is 0 Å². The van der Waals surface area contributed by atoms with E-state index in [9.17, 15) is 24.4 Å². The highest BCUT2D eigenvalue weighted by Gasteiger charge is 2.31. The summed E-state index contributed by atoms with van der Waals surface area (Å²) in [5.74, 6) is -4.88. The Balaban J connectivity index is 2.99. The number of amides is 1. The van der Waals surface area contributed by atoms with Crippen LogP contribution in [0.15, 0.2) is 24.3 Å². The molecule has 136 valence electrons. The van der Waals surface area contributed by atoms with Crippen LogP contribution in [-0.4, -0.2) is 50.6 Å². The van der Waals surface area contributed by atoms with Crippen LogP contribution in [0.25, 0.3) is 0 Å². The fraction of sp³-hybridized carbons (Fsp3) is 0.231. The van der Waals surface area contributed by atoms with Crippen LogP contribution in [0, 0.1) is 5.21 Å². The number of carbonyl (C=O) groups is 4. The molecule has 1 aromatic rings. The van der Waals surface area contributed by atoms with Gasteiger partial charge in [-0.3, -0.25) is 4.79 Å². The average Bonchev–Trinajstić information content (AvgIpc) is 2.51. The largest absolute Gasteiger partial charge is 0.595 e. The maximum absolute atomic E-state index is 11.7. The van der Waals surface area contributed by atoms with Crippen molar-refractivity contribution in [3.63, 3.8) is 0 Å². The maximum atomic E-state index is 11.7. The van der Waals surface area contributed by atoms with Gasteiger partial charge in [0, 0.05) is 6.07 Å². The van der Waals surface area contributed by atoms with E-state index in [4.69, 9.17) is 20.5 Å². The molecule has 0 heterocycles. The number of benzene rings is 1. The Kier molecular flexibility index (Phi) is 6.81. The number of aliphatic carboxylic acids is 3. The van der Waals surface area contributed by atoms with Gasteiger partial charge in [0.25, 0.3) is 0 Å². The summed E-state index contributed by atoms with van der Waals surface area (Å²) in [6, 6.07) is 3.01. The summed E-state index contributed by atoms with van der Waals surface area (Å²) in [7, 11) is 0. The lowest BCUT2D eigenvalue weighted by molar-refractivity contribution is -0.991. The molecule has 12 heteroatoms. The second-order valence-corrected chi connectivity index (χ2v) is 4.65. The van der Waals surface area contributed by atoms with Gasteiger partial charge in [0.1, 0.15) is 6.04 Å². The van der Waals surface area contributed by atoms with Crippen LogP contribution in [0.4, 0.5) is 10.5 Å². The van der Waals surface area contributed by atoms with Gasteiger partial charge in [-0.05, 0) is 6.07 Å². The molecule has 2 unspecified atom stereocenters. The van der Waals surface area contributed by atoms with Crippen LogP contribution in [-0.2, 0) is 19.1 Å². The first-order valence-corrected chi connectivity index (χ1v) is 6.60. The Labute approximate surface area is 139 Å². The van der Waals surface area contributed by atoms with Gasteiger partial charge in [-0.2, -0.15) is 5.23 Å². The van der Waals surface area contributed by atoms with Crippen molar-refractivity contribution in [2.75, 3.05) is 0 Å². The smallest absolute Gasteiger partial charge is 0.409 e. The zero-order valence-corrected chi connectivity index (χ0v) is 12.4. The van der Waals surface area contributed by atoms with Gasteiger partial charge in [0.05, 0.1) is 12.0 Å². The fourth-order valence-corrected chi connectivity index (χ4v) is 1.83. The van der Waals surface area contributed by atoms with Crippen molar-refractivity contribution < 1.29 is 49.7 Å². The van der Waals surface area contributed by atoms with E-state index in [1.54, 1.807) is 5.32 Å². The normalized spacial score (nSPS) is 14.0. The van der Waals surface area contributed by atoms with Crippen molar-refractivity contribution in [3.05, 3.63) is 35.0 Å². The number of hydrogen-bond acceptors (Lipinski definition) is 7. The van der Waals surface area contributed by atoms with Crippen molar-refractivity contribution >= 4 is 29.7 Å². The van der Waals surface area contributed by atoms with Crippen molar-refractivity contribution in [2.45, 2.75) is 18.6 Å². The van der Waals surface area contributed by atoms with E-state index < -0.39 is 53.5 Å². The topological polar surface area (TPSA) is 198 Å². The molecule has 0 fully saturated rings. The summed E-state index contributed by atoms with van der Waals surface area (Å²) in [6.45, 7) is 0. The Morgan fingerprint density at radius 3 is 2.20 bits per heavy atom. The Morgan fingerprint density at radius 2 is 1.72 bits per heavy atom. The molecule has 3 atom stereocenters. The number of para-hydroxylation sites is 1. The molecule has 6 N–H and O–H groups in total. The first-order valence-electron chi connectivity index (χ1n) is 6.60. The number of carboxylic acids is 3. The van der Waals surface area contributed by atoms with E-state index >= 15 is 0 Å². The molecule has 0 saturated carbocycles. The quantitative estimate of drug-likeness (QED) is 0.309. The molecule has 0 bridgehead atoms. The lowest BCUT2D eigenvalue weighted by atomic mass is 10.1. The monoisotopic (exact) mass is 358 g/mol. The summed E-state index contributed by atoms with van der Waals surface area (Å²) >= 11 is 0. The van der Waals surface area contributed by atoms with E-state index in [2.05, 4.69) is 4.74 Å². The zero-order valence-electron chi connectivity index (χ0n) is 12.4. The molecular formula is C13H14N2O10. The van der Waals surface area contributed by atoms with Crippen LogP contribution in [0.5, 0.6) is 0 Å². The van der Waals surface area contributed by atoms with Crippen molar-refractivity contribution in [1.29, 1.82) is 0 Å². The number of carboxylic acid groups (broad SMARTS) is 3. The second kappa shape index (κ2) is 8.58. The molecule has 0 radical (unpaired) electrons. The van der Waals surface area contributed by atoms with Gasteiger partial charge in [0.15, 0.2) is 5.69 Å². The minimum Gasteiger partial charge on any atom is -0.595 e. The first kappa shape index (κ1) is 19.8. The highest BCUT2D eigenvalue weighted by atomic mass is 16.8. The number of ether oxygens (including phenoxy) is 1. The summed E-state index contributed by atoms with van der Waals surface area (Å²) in [5, 5.41) is 47.0. The zero-order chi connectivity index (χ0) is 19.1. The summed E-state index contributed by atoms with van der Waals surface area (Å²) in [6.07, 6.45) is -4.53. The lowest BCUT2D eigenvalue weighted by Crippen LogP contribution is -2.99. The van der Waals surface area contributed by atoms with Crippen LogP contribution in [0.1, 0.15) is 18.1 Å². The van der Waals surface area contributed by atoms with Gasteiger partial charge >= 0.3 is 24.0 Å². The standard InChI is InChI=1S/C13H14N2O10/c16-9(17)5-7(11(18)19)14-13(22)25-10(12(20)21)6-3-1-2-4-8(6)15(23)24/h1-4,7,10,15,23H,5H2,(H,14,22)(H,16,17)(H,18,19)(H,20,21)/t7-,10?/m1/s1. The predicted molar refractivity (Wildman–Crippen MR) is 75.9 cm³/mol. The molecule has 0 spiro atoms. The Bertz CT molecular complexity index is 675. The molecule has 0 aliphatic carbocycles. The predicted octanol–water partition coefficient (Wildman–Crippen LogP) is -1.13. The third-order valence-electron chi connectivity index (χ3n) is 2.89. The Hall–Kier alpha value is -3.22. The molecule has 1 aromatic carbocycles. The number of quaternary nitrogens is 1. The highest BCUT2D eigenvalue weighted by molar-refractivity contribution is 5.86. The van der Waals surface area contributed by atoms with Crippen molar-refractivity contribution in [2.24, 2.45) is 0 Å². The van der Waals surface area contributed by atoms with Gasteiger partial charge in [-0.25, -0.2) is 19.6 Å². The average molecular weight is 358 g/mol. The third-order valence-corrected chi connectivity index (χ3v) is 2.89. The van der Waals surface area contributed by atoms with Gasteiger partial charge in [0.2, 0.25) is 6.10 Å². The Morgan fingerprint density at radius 1 is 1.12 bits per heavy atom. The fourth-order valence-electron chi connectivity index (χ4n) is 1.83. The SMILES string of the molecule is O=C(O)C[C@@H](NC(=O)OC(C(=O)O)c1ccccc1[NH+]([O-])O)C(=O)O. The first-order chi connectivity index (χ1) is 11.6. The molecule has 1 amide bonds. The summed E-state index contributed by atoms with van der Waals surface area (Å²) < 4.78 is 4.58. The number of rotatable bonds is 8. The minimum atomic E-state index is -2.04. The molecule has 0 aliphatic rings. The molecule has 1 rings (SSSR count). The minimum absolute atomic E-state index is 0.345. The molecule has 0 aliphatic heterocycles. The third kappa shape index (κ3) is 5.72. The molecule has 12 nitrogen and oxygen atoms in total. The number of nitrogens with one attached hydrogen (secondary N) is 2. The summed E-state index contributed by atoms with van der Waals surface area (Å²) in [5.41, 5.74) is -0.772. The number of hydrogen-bond donors (Lipinski definition) is 6. The number of carbonyl (C=O) groups excluding carboxylic acids is 1. The number of alkyl carbamates (subject to hydrolysis) is 1. The van der Waals surface area contributed by atoms with Crippen molar-refractivity contribution in [3.8, 4) is 0 Å². The highest BCUT2D eigenvalue weighted by Crippen LogP contribution is 2.23. The van der Waals surface area contributed by atoms with E-state index in [1.165, 1.54) is 12.1 Å². The van der Waals surface area contributed by atoms with E-state index in [-0.39, 0.29) is 5.56 Å². The van der Waals surface area contributed by atoms with Crippen LogP contribution >= 0.6 is 0 Å². The molecular weight excluding hydrogens is 344 g/mol. The van der Waals surface area contributed by atoms with Crippen molar-refractivity contribution in [1.82, 2.24) is 5.32 Å². The summed E-state index contributed by atoms with van der Waals surface area (Å²) in [4.78, 5) is 44.4.